The summed E-state index contributed by atoms with van der Waals surface area (Å²) in [5.74, 6) is 1.74. The molecule has 1 saturated heterocycles. The maximum Gasteiger partial charge on any atom is 0.416 e. The number of ether oxygens (including phenoxy) is 2. The molecule has 1 aliphatic rings. The van der Waals surface area contributed by atoms with Gasteiger partial charge in [0, 0.05) is 11.8 Å². The second-order valence-corrected chi connectivity index (χ2v) is 7.57. The first-order chi connectivity index (χ1) is 15.4. The van der Waals surface area contributed by atoms with Gasteiger partial charge in [-0.2, -0.15) is 9.97 Å². The summed E-state index contributed by atoms with van der Waals surface area (Å²) < 4.78 is 15.7. The fourth-order valence-electron chi connectivity index (χ4n) is 3.19. The molecule has 4 rings (SSSR count). The lowest BCUT2D eigenvalue weighted by molar-refractivity contribution is 0.142. The third-order valence-corrected chi connectivity index (χ3v) is 5.23. The molecule has 1 fully saturated rings. The Kier molecular flexibility index (Phi) is 6.10. The van der Waals surface area contributed by atoms with Gasteiger partial charge >= 0.3 is 6.09 Å². The SMILES string of the molecule is COc1cc(-c2noc(C(C)Nc3nccc(N4C(=O)OCC4[C@@H](C)O)n3)n2)ccc1Cl. The van der Waals surface area contributed by atoms with Crippen LogP contribution in [0.25, 0.3) is 11.4 Å². The number of hydrogen-bond acceptors (Lipinski definition) is 10. The summed E-state index contributed by atoms with van der Waals surface area (Å²) in [6.45, 7) is 3.48. The van der Waals surface area contributed by atoms with Gasteiger partial charge in [0.15, 0.2) is 0 Å². The lowest BCUT2D eigenvalue weighted by atomic mass is 10.2. The third kappa shape index (κ3) is 4.30. The molecule has 0 spiro atoms. The van der Waals surface area contributed by atoms with Crippen LogP contribution in [-0.2, 0) is 4.74 Å². The van der Waals surface area contributed by atoms with Gasteiger partial charge in [0.1, 0.15) is 30.3 Å². The van der Waals surface area contributed by atoms with Crippen molar-refractivity contribution < 1.29 is 23.9 Å². The fraction of sp³-hybridized carbons (Fsp3) is 0.350. The number of aliphatic hydroxyl groups is 1. The van der Waals surface area contributed by atoms with Crippen molar-refractivity contribution in [1.82, 2.24) is 20.1 Å². The van der Waals surface area contributed by atoms with Gasteiger partial charge in [-0.15, -0.1) is 0 Å². The van der Waals surface area contributed by atoms with E-state index in [0.29, 0.717) is 33.9 Å². The maximum absolute atomic E-state index is 12.1. The highest BCUT2D eigenvalue weighted by molar-refractivity contribution is 6.32. The highest BCUT2D eigenvalue weighted by atomic mass is 35.5. The molecule has 0 saturated carbocycles. The number of nitrogens with zero attached hydrogens (tertiary/aromatic N) is 5. The van der Waals surface area contributed by atoms with E-state index >= 15 is 0 Å². The van der Waals surface area contributed by atoms with Gasteiger partial charge in [0.2, 0.25) is 17.7 Å². The molecule has 32 heavy (non-hydrogen) atoms. The van der Waals surface area contributed by atoms with Gasteiger partial charge in [-0.05, 0) is 38.1 Å². The average Bonchev–Trinajstić information content (AvgIpc) is 3.41. The lowest BCUT2D eigenvalue weighted by Gasteiger charge is -2.22. The quantitative estimate of drug-likeness (QED) is 0.541. The molecule has 3 aromatic rings. The van der Waals surface area contributed by atoms with Gasteiger partial charge in [0.25, 0.3) is 0 Å². The number of anilines is 2. The predicted octanol–water partition coefficient (Wildman–Crippen LogP) is 3.07. The van der Waals surface area contributed by atoms with E-state index in [1.807, 2.05) is 0 Å². The number of carbonyl (C=O) groups excluding carboxylic acids is 1. The molecule has 3 atom stereocenters. The van der Waals surface area contributed by atoms with E-state index in [-0.39, 0.29) is 12.6 Å². The molecule has 2 aromatic heterocycles. The molecular formula is C20H21ClN6O5. The Morgan fingerprint density at radius 2 is 2.12 bits per heavy atom. The number of rotatable bonds is 7. The highest BCUT2D eigenvalue weighted by Gasteiger charge is 2.38. The summed E-state index contributed by atoms with van der Waals surface area (Å²) in [6.07, 6.45) is 0.144. The summed E-state index contributed by atoms with van der Waals surface area (Å²) in [5, 5.41) is 17.5. The average molecular weight is 461 g/mol. The van der Waals surface area contributed by atoms with E-state index in [0.717, 1.165) is 0 Å². The topological polar surface area (TPSA) is 136 Å². The monoisotopic (exact) mass is 460 g/mol. The molecule has 1 amide bonds. The molecule has 3 heterocycles. The minimum absolute atomic E-state index is 0.0832. The Labute approximate surface area is 188 Å². The third-order valence-electron chi connectivity index (χ3n) is 4.92. The molecule has 2 unspecified atom stereocenters. The first-order valence-electron chi connectivity index (χ1n) is 9.78. The molecule has 0 aliphatic carbocycles. The second-order valence-electron chi connectivity index (χ2n) is 7.16. The zero-order valence-electron chi connectivity index (χ0n) is 17.5. The summed E-state index contributed by atoms with van der Waals surface area (Å²) in [5.41, 5.74) is 0.684. The Morgan fingerprint density at radius 1 is 1.31 bits per heavy atom. The van der Waals surface area contributed by atoms with Crippen LogP contribution in [0.3, 0.4) is 0 Å². The number of benzene rings is 1. The summed E-state index contributed by atoms with van der Waals surface area (Å²) in [4.78, 5) is 26.4. The van der Waals surface area contributed by atoms with Gasteiger partial charge < -0.3 is 24.4 Å². The van der Waals surface area contributed by atoms with Crippen LogP contribution >= 0.6 is 11.6 Å². The van der Waals surface area contributed by atoms with Crippen molar-refractivity contribution in [2.45, 2.75) is 32.0 Å². The zero-order valence-corrected chi connectivity index (χ0v) is 18.3. The number of amides is 1. The van der Waals surface area contributed by atoms with Crippen LogP contribution in [0, 0.1) is 0 Å². The largest absolute Gasteiger partial charge is 0.495 e. The Balaban J connectivity index is 1.51. The molecule has 0 radical (unpaired) electrons. The maximum atomic E-state index is 12.1. The van der Waals surface area contributed by atoms with Crippen molar-refractivity contribution >= 4 is 29.5 Å². The van der Waals surface area contributed by atoms with Crippen LogP contribution in [0.2, 0.25) is 5.02 Å². The minimum atomic E-state index is -0.782. The van der Waals surface area contributed by atoms with Crippen molar-refractivity contribution in [2.24, 2.45) is 0 Å². The Hall–Kier alpha value is -3.44. The van der Waals surface area contributed by atoms with Crippen molar-refractivity contribution in [3.63, 3.8) is 0 Å². The number of carbonyl (C=O) groups is 1. The highest BCUT2D eigenvalue weighted by Crippen LogP contribution is 2.30. The standard InChI is InChI=1S/C20H21ClN6O5/c1-10(18-25-17(26-32-18)12-4-5-13(21)15(8-12)30-3)23-19-22-7-6-16(24-19)27-14(11(2)28)9-31-20(27)29/h4-8,10-11,14,28H,9H2,1-3H3,(H,22,23,24)/t10?,11-,14?/m1/s1. The van der Waals surface area contributed by atoms with Crippen LogP contribution in [0.1, 0.15) is 25.8 Å². The molecule has 2 N–H and O–H groups in total. The molecule has 1 aromatic carbocycles. The molecule has 0 bridgehead atoms. The normalized spacial score (nSPS) is 17.7. The fourth-order valence-corrected chi connectivity index (χ4v) is 3.38. The Bertz CT molecular complexity index is 1120. The van der Waals surface area contributed by atoms with Crippen molar-refractivity contribution in [3.8, 4) is 17.1 Å². The number of aromatic nitrogens is 4. The van der Waals surface area contributed by atoms with E-state index in [4.69, 9.17) is 25.6 Å². The molecular weight excluding hydrogens is 440 g/mol. The number of nitrogens with one attached hydrogen (secondary N) is 1. The summed E-state index contributed by atoms with van der Waals surface area (Å²) in [7, 11) is 1.53. The van der Waals surface area contributed by atoms with Crippen molar-refractivity contribution in [3.05, 3.63) is 41.4 Å². The number of methoxy groups -OCH3 is 1. The van der Waals surface area contributed by atoms with Gasteiger partial charge in [0.05, 0.1) is 18.2 Å². The molecule has 12 heteroatoms. The van der Waals surface area contributed by atoms with E-state index in [9.17, 15) is 9.90 Å². The number of halogens is 1. The number of hydrogen-bond donors (Lipinski definition) is 2. The first-order valence-corrected chi connectivity index (χ1v) is 10.2. The second kappa shape index (κ2) is 8.97. The molecule has 11 nitrogen and oxygen atoms in total. The van der Waals surface area contributed by atoms with Gasteiger partial charge in [-0.25, -0.2) is 9.78 Å². The summed E-state index contributed by atoms with van der Waals surface area (Å²) in [6, 6.07) is 5.77. The summed E-state index contributed by atoms with van der Waals surface area (Å²) >= 11 is 6.07. The molecule has 168 valence electrons. The van der Waals surface area contributed by atoms with E-state index in [1.54, 1.807) is 38.1 Å². The smallest absolute Gasteiger partial charge is 0.416 e. The predicted molar refractivity (Wildman–Crippen MR) is 115 cm³/mol. The van der Waals surface area contributed by atoms with Crippen LogP contribution in [-0.4, -0.2) is 57.2 Å². The van der Waals surface area contributed by atoms with E-state index in [1.165, 1.54) is 18.2 Å². The van der Waals surface area contributed by atoms with Crippen LogP contribution < -0.4 is 15.0 Å². The minimum Gasteiger partial charge on any atom is -0.495 e. The van der Waals surface area contributed by atoms with Gasteiger partial charge in [-0.1, -0.05) is 16.8 Å². The van der Waals surface area contributed by atoms with E-state index < -0.39 is 24.3 Å². The zero-order chi connectivity index (χ0) is 22.8. The first kappa shape index (κ1) is 21.8. The van der Waals surface area contributed by atoms with Crippen LogP contribution in [0.4, 0.5) is 16.6 Å². The van der Waals surface area contributed by atoms with Crippen LogP contribution in [0.5, 0.6) is 5.75 Å². The van der Waals surface area contributed by atoms with Gasteiger partial charge in [-0.3, -0.25) is 4.90 Å². The van der Waals surface area contributed by atoms with Crippen molar-refractivity contribution in [2.75, 3.05) is 23.9 Å². The Morgan fingerprint density at radius 3 is 2.88 bits per heavy atom. The van der Waals surface area contributed by atoms with Crippen LogP contribution in [0.15, 0.2) is 35.0 Å². The molecule has 1 aliphatic heterocycles. The number of aliphatic hydroxyl groups excluding tert-OH is 1. The van der Waals surface area contributed by atoms with Crippen molar-refractivity contribution in [1.29, 1.82) is 0 Å². The lowest BCUT2D eigenvalue weighted by Crippen LogP contribution is -2.41. The number of cyclic esters (lactones) is 1. The van der Waals surface area contributed by atoms with E-state index in [2.05, 4.69) is 25.4 Å².